The molecule has 136 valence electrons. The molecule has 0 aliphatic heterocycles. The fourth-order valence-electron chi connectivity index (χ4n) is 2.32. The number of carbonyl (C=O) groups is 1. The topological polar surface area (TPSA) is 79.8 Å². The molecule has 3 rings (SSSR count). The fraction of sp³-hybridized carbons (Fsp3) is 0.294. The molecule has 0 saturated heterocycles. The van der Waals surface area contributed by atoms with Gasteiger partial charge < -0.3 is 10.3 Å². The smallest absolute Gasteiger partial charge is 0.271 e. The molecule has 0 fully saturated rings. The van der Waals surface area contributed by atoms with Gasteiger partial charge >= 0.3 is 0 Å². The summed E-state index contributed by atoms with van der Waals surface area (Å²) in [5.41, 5.74) is 1.12. The molecule has 2 N–H and O–H groups in total. The van der Waals surface area contributed by atoms with Gasteiger partial charge in [-0.05, 0) is 37.7 Å². The van der Waals surface area contributed by atoms with Crippen LogP contribution in [0, 0.1) is 3.95 Å². The van der Waals surface area contributed by atoms with E-state index in [9.17, 15) is 9.59 Å². The maximum Gasteiger partial charge on any atom is 0.271 e. The van der Waals surface area contributed by atoms with E-state index in [0.717, 1.165) is 12.1 Å². The minimum atomic E-state index is -0.245. The van der Waals surface area contributed by atoms with E-state index in [0.29, 0.717) is 19.5 Å². The largest absolute Gasteiger partial charge is 0.353 e. The highest BCUT2D eigenvalue weighted by Gasteiger charge is 2.14. The number of benzene rings is 1. The van der Waals surface area contributed by atoms with E-state index in [4.69, 9.17) is 12.2 Å². The van der Waals surface area contributed by atoms with Gasteiger partial charge in [0.25, 0.3) is 5.56 Å². The molecule has 2 aromatic heterocycles. The molecule has 0 saturated carbocycles. The van der Waals surface area contributed by atoms with Gasteiger partial charge in [0.05, 0.1) is 5.75 Å². The van der Waals surface area contributed by atoms with E-state index in [2.05, 4.69) is 15.3 Å². The first-order valence-corrected chi connectivity index (χ1v) is 10.3. The van der Waals surface area contributed by atoms with Gasteiger partial charge in [-0.3, -0.25) is 14.2 Å². The average molecular weight is 407 g/mol. The van der Waals surface area contributed by atoms with E-state index in [1.165, 1.54) is 23.1 Å². The Bertz CT molecular complexity index is 1040. The lowest BCUT2D eigenvalue weighted by Crippen LogP contribution is -2.33. The summed E-state index contributed by atoms with van der Waals surface area (Å²) in [7, 11) is 0. The number of hydrogen-bond donors (Lipinski definition) is 2. The predicted molar refractivity (Wildman–Crippen MR) is 109 cm³/mol. The van der Waals surface area contributed by atoms with Crippen LogP contribution < -0.4 is 10.9 Å². The second-order valence-corrected chi connectivity index (χ2v) is 8.34. The number of thiazole rings is 1. The van der Waals surface area contributed by atoms with Crippen molar-refractivity contribution in [1.29, 1.82) is 0 Å². The normalized spacial score (nSPS) is 12.2. The molecular weight excluding hydrogens is 388 g/mol. The van der Waals surface area contributed by atoms with Crippen LogP contribution in [0.3, 0.4) is 0 Å². The van der Waals surface area contributed by atoms with Crippen molar-refractivity contribution >= 4 is 51.6 Å². The van der Waals surface area contributed by atoms with Gasteiger partial charge in [-0.2, -0.15) is 0 Å². The Morgan fingerprint density at radius 1 is 1.42 bits per heavy atom. The Labute approximate surface area is 163 Å². The summed E-state index contributed by atoms with van der Waals surface area (Å²) >= 11 is 7.85. The van der Waals surface area contributed by atoms with Crippen molar-refractivity contribution in [2.45, 2.75) is 31.5 Å². The first-order chi connectivity index (χ1) is 12.5. The van der Waals surface area contributed by atoms with Crippen LogP contribution in [0.4, 0.5) is 0 Å². The van der Waals surface area contributed by atoms with Crippen molar-refractivity contribution < 1.29 is 4.79 Å². The lowest BCUT2D eigenvalue weighted by Gasteiger charge is -2.10. The number of nitrogens with one attached hydrogen (secondary N) is 2. The molecule has 0 aliphatic carbocycles. The monoisotopic (exact) mass is 406 g/mol. The number of aromatic amines is 1. The third-order valence-electron chi connectivity index (χ3n) is 3.80. The van der Waals surface area contributed by atoms with Gasteiger partial charge in [0.15, 0.2) is 14.8 Å². The average Bonchev–Trinajstić information content (AvgIpc) is 2.97. The Morgan fingerprint density at radius 2 is 2.15 bits per heavy atom. The van der Waals surface area contributed by atoms with Crippen molar-refractivity contribution in [2.24, 2.45) is 0 Å². The summed E-state index contributed by atoms with van der Waals surface area (Å²) in [5.74, 6) is 0.104. The lowest BCUT2D eigenvalue weighted by atomic mass is 10.3. The summed E-state index contributed by atoms with van der Waals surface area (Å²) in [6.45, 7) is 3.96. The molecule has 0 bridgehead atoms. The highest BCUT2D eigenvalue weighted by molar-refractivity contribution is 7.99. The number of thioether (sulfide) groups is 1. The molecule has 1 unspecified atom stereocenters. The Balaban J connectivity index is 1.93. The molecule has 0 aliphatic rings. The van der Waals surface area contributed by atoms with Crippen LogP contribution in [0.25, 0.3) is 16.0 Å². The minimum absolute atomic E-state index is 0.0858. The van der Waals surface area contributed by atoms with Crippen LogP contribution in [0.15, 0.2) is 40.3 Å². The number of fused-ring (bicyclic) bond motifs is 1. The Hall–Kier alpha value is -1.97. The first kappa shape index (κ1) is 18.8. The minimum Gasteiger partial charge on any atom is -0.353 e. The summed E-state index contributed by atoms with van der Waals surface area (Å²) in [5, 5.41) is 3.30. The zero-order chi connectivity index (χ0) is 18.7. The summed E-state index contributed by atoms with van der Waals surface area (Å²) in [4.78, 5) is 31.6. The highest BCUT2D eigenvalue weighted by Crippen LogP contribution is 2.24. The second-order valence-electron chi connectivity index (χ2n) is 5.73. The molecule has 3 aromatic rings. The third kappa shape index (κ3) is 4.05. The molecule has 2 heterocycles. The van der Waals surface area contributed by atoms with Crippen molar-refractivity contribution in [3.05, 3.63) is 44.6 Å². The van der Waals surface area contributed by atoms with E-state index in [1.54, 1.807) is 4.57 Å². The van der Waals surface area contributed by atoms with Crippen molar-refractivity contribution in [1.82, 2.24) is 19.9 Å². The number of aromatic nitrogens is 3. The third-order valence-corrected chi connectivity index (χ3v) is 6.03. The molecule has 0 radical (unpaired) electrons. The van der Waals surface area contributed by atoms with E-state index < -0.39 is 0 Å². The zero-order valence-electron chi connectivity index (χ0n) is 14.3. The number of rotatable bonds is 6. The molecule has 1 amide bonds. The highest BCUT2D eigenvalue weighted by atomic mass is 32.2. The maximum atomic E-state index is 12.4. The molecular formula is C17H18N4O2S3. The van der Waals surface area contributed by atoms with E-state index in [1.807, 2.05) is 44.2 Å². The molecule has 0 spiro atoms. The second kappa shape index (κ2) is 8.15. The van der Waals surface area contributed by atoms with Crippen molar-refractivity contribution in [2.75, 3.05) is 5.75 Å². The summed E-state index contributed by atoms with van der Waals surface area (Å²) in [6, 6.07) is 9.68. The van der Waals surface area contributed by atoms with Gasteiger partial charge in [0, 0.05) is 11.7 Å². The zero-order valence-corrected chi connectivity index (χ0v) is 16.8. The fourth-order valence-corrected chi connectivity index (χ4v) is 4.26. The van der Waals surface area contributed by atoms with Gasteiger partial charge in [0.2, 0.25) is 5.91 Å². The number of amides is 1. The number of carbonyl (C=O) groups excluding carboxylic acids is 1. The van der Waals surface area contributed by atoms with Crippen LogP contribution in [0.1, 0.15) is 20.3 Å². The van der Waals surface area contributed by atoms with Crippen LogP contribution in [-0.4, -0.2) is 32.2 Å². The number of hydrogen-bond acceptors (Lipinski definition) is 6. The standard InChI is InChI=1S/C17H18N4O2S3/c1-3-10(2)18-12(22)9-25-16-19-14-13(15(23)20-16)26-17(24)21(14)11-7-5-4-6-8-11/h4-8,10H,3,9H2,1-2H3,(H,18,22)(H,19,20,23). The number of nitrogens with zero attached hydrogens (tertiary/aromatic N) is 2. The van der Waals surface area contributed by atoms with Gasteiger partial charge in [-0.25, -0.2) is 4.98 Å². The van der Waals surface area contributed by atoms with E-state index in [-0.39, 0.29) is 23.3 Å². The first-order valence-electron chi connectivity index (χ1n) is 8.13. The van der Waals surface area contributed by atoms with Gasteiger partial charge in [-0.1, -0.05) is 48.2 Å². The molecule has 1 aromatic carbocycles. The van der Waals surface area contributed by atoms with Crippen molar-refractivity contribution in [3.8, 4) is 5.69 Å². The van der Waals surface area contributed by atoms with Crippen LogP contribution >= 0.6 is 35.3 Å². The lowest BCUT2D eigenvalue weighted by molar-refractivity contribution is -0.119. The molecule has 9 heteroatoms. The number of para-hydroxylation sites is 1. The summed E-state index contributed by atoms with van der Waals surface area (Å²) < 4.78 is 2.82. The molecule has 26 heavy (non-hydrogen) atoms. The Kier molecular flexibility index (Phi) is 5.90. The summed E-state index contributed by atoms with van der Waals surface area (Å²) in [6.07, 6.45) is 0.866. The quantitative estimate of drug-likeness (QED) is 0.372. The molecule has 1 atom stereocenters. The Morgan fingerprint density at radius 3 is 2.85 bits per heavy atom. The van der Waals surface area contributed by atoms with Gasteiger partial charge in [-0.15, -0.1) is 0 Å². The van der Waals surface area contributed by atoms with E-state index >= 15 is 0 Å². The SMILES string of the molecule is CCC(C)NC(=O)CSc1nc2c(sc(=S)n2-c2ccccc2)c(=O)[nH]1. The van der Waals surface area contributed by atoms with Crippen molar-refractivity contribution in [3.63, 3.8) is 0 Å². The number of H-pyrrole nitrogens is 1. The van der Waals surface area contributed by atoms with Gasteiger partial charge in [0.1, 0.15) is 4.70 Å². The predicted octanol–water partition coefficient (Wildman–Crippen LogP) is 3.51. The maximum absolute atomic E-state index is 12.4. The molecule has 6 nitrogen and oxygen atoms in total. The van der Waals surface area contributed by atoms with Crippen LogP contribution in [0.5, 0.6) is 0 Å². The van der Waals surface area contributed by atoms with Crippen LogP contribution in [-0.2, 0) is 4.79 Å². The van der Waals surface area contributed by atoms with Crippen LogP contribution in [0.2, 0.25) is 0 Å².